The van der Waals surface area contributed by atoms with Crippen molar-refractivity contribution in [3.05, 3.63) is 11.7 Å². The number of likely N-dealkylation sites (tertiary alicyclic amines) is 1. The summed E-state index contributed by atoms with van der Waals surface area (Å²) in [7, 11) is 0. The lowest BCUT2D eigenvalue weighted by Gasteiger charge is -2.35. The Hall–Kier alpha value is -0.940. The minimum atomic E-state index is 0.355. The molecule has 90 valence electrons. The third-order valence-corrected chi connectivity index (χ3v) is 3.34. The van der Waals surface area contributed by atoms with Crippen molar-refractivity contribution >= 4 is 0 Å². The van der Waals surface area contributed by atoms with E-state index in [9.17, 15) is 0 Å². The fourth-order valence-electron chi connectivity index (χ4n) is 2.31. The largest absolute Gasteiger partial charge is 0.340 e. The summed E-state index contributed by atoms with van der Waals surface area (Å²) in [4.78, 5) is 6.59. The molecule has 2 heterocycles. The van der Waals surface area contributed by atoms with Crippen molar-refractivity contribution in [2.45, 2.75) is 39.3 Å². The first kappa shape index (κ1) is 11.5. The van der Waals surface area contributed by atoms with Crippen LogP contribution in [0.3, 0.4) is 0 Å². The first-order chi connectivity index (χ1) is 7.69. The molecule has 1 saturated heterocycles. The average molecular weight is 224 g/mol. The van der Waals surface area contributed by atoms with Gasteiger partial charge < -0.3 is 10.3 Å². The molecule has 2 rings (SSSR count). The molecule has 5 heteroatoms. The highest BCUT2D eigenvalue weighted by molar-refractivity contribution is 4.88. The second-order valence-electron chi connectivity index (χ2n) is 4.59. The van der Waals surface area contributed by atoms with Crippen molar-refractivity contribution in [1.29, 1.82) is 0 Å². The van der Waals surface area contributed by atoms with E-state index >= 15 is 0 Å². The summed E-state index contributed by atoms with van der Waals surface area (Å²) in [6.07, 6.45) is 2.21. The summed E-state index contributed by atoms with van der Waals surface area (Å²) in [5.74, 6) is 2.01. The second-order valence-corrected chi connectivity index (χ2v) is 4.59. The summed E-state index contributed by atoms with van der Waals surface area (Å²) in [6, 6.07) is 0.355. The number of nitrogens with two attached hydrogens (primary N) is 1. The predicted octanol–water partition coefficient (Wildman–Crippen LogP) is 0.937. The molecule has 0 bridgehead atoms. The van der Waals surface area contributed by atoms with E-state index < -0.39 is 0 Å². The van der Waals surface area contributed by atoms with Gasteiger partial charge in [-0.15, -0.1) is 0 Å². The van der Waals surface area contributed by atoms with E-state index in [0.29, 0.717) is 17.9 Å². The van der Waals surface area contributed by atoms with Crippen LogP contribution < -0.4 is 5.73 Å². The van der Waals surface area contributed by atoms with Gasteiger partial charge in [0.2, 0.25) is 5.89 Å². The van der Waals surface area contributed by atoms with E-state index in [1.807, 2.05) is 6.92 Å². The number of hydrogen-bond acceptors (Lipinski definition) is 5. The van der Waals surface area contributed by atoms with Gasteiger partial charge in [-0.3, -0.25) is 4.90 Å². The third kappa shape index (κ3) is 2.59. The molecule has 2 N–H and O–H groups in total. The number of rotatable bonds is 3. The van der Waals surface area contributed by atoms with Gasteiger partial charge in [-0.05, 0) is 12.3 Å². The van der Waals surface area contributed by atoms with Crippen LogP contribution in [-0.2, 0) is 6.54 Å². The summed E-state index contributed by atoms with van der Waals surface area (Å²) >= 11 is 0. The van der Waals surface area contributed by atoms with E-state index in [1.165, 1.54) is 0 Å². The van der Waals surface area contributed by atoms with E-state index in [0.717, 1.165) is 38.3 Å². The van der Waals surface area contributed by atoms with Gasteiger partial charge in [0.15, 0.2) is 5.82 Å². The molecule has 0 spiro atoms. The van der Waals surface area contributed by atoms with Crippen LogP contribution in [0.1, 0.15) is 31.5 Å². The lowest BCUT2D eigenvalue weighted by Crippen LogP contribution is -2.46. The van der Waals surface area contributed by atoms with Crippen LogP contribution in [0, 0.1) is 12.8 Å². The average Bonchev–Trinajstić information content (AvgIpc) is 2.67. The first-order valence-corrected chi connectivity index (χ1v) is 5.96. The van der Waals surface area contributed by atoms with Gasteiger partial charge in [0.25, 0.3) is 0 Å². The molecule has 0 amide bonds. The molecule has 0 saturated carbocycles. The molecule has 16 heavy (non-hydrogen) atoms. The molecule has 2 unspecified atom stereocenters. The lowest BCUT2D eigenvalue weighted by molar-refractivity contribution is 0.141. The number of aryl methyl sites for hydroxylation is 1. The summed E-state index contributed by atoms with van der Waals surface area (Å²) < 4.78 is 4.97. The monoisotopic (exact) mass is 224 g/mol. The van der Waals surface area contributed by atoms with Crippen molar-refractivity contribution in [2.75, 3.05) is 13.1 Å². The van der Waals surface area contributed by atoms with Gasteiger partial charge in [0.1, 0.15) is 0 Å². The van der Waals surface area contributed by atoms with Crippen molar-refractivity contribution in [1.82, 2.24) is 15.0 Å². The number of aromatic nitrogens is 2. The maximum Gasteiger partial charge on any atom is 0.223 e. The van der Waals surface area contributed by atoms with Crippen LogP contribution in [0.4, 0.5) is 0 Å². The zero-order valence-electron chi connectivity index (χ0n) is 10.0. The standard InChI is InChI=1S/C11H20N4O/c1-3-9-6-15(5-4-10(9)12)7-11-13-8(2)16-14-11/h9-10H,3-7,12H2,1-2H3. The number of nitrogens with zero attached hydrogens (tertiary/aromatic N) is 3. The van der Waals surface area contributed by atoms with Crippen LogP contribution in [0.2, 0.25) is 0 Å². The van der Waals surface area contributed by atoms with Crippen LogP contribution >= 0.6 is 0 Å². The van der Waals surface area contributed by atoms with Gasteiger partial charge >= 0.3 is 0 Å². The Morgan fingerprint density at radius 2 is 2.38 bits per heavy atom. The summed E-state index contributed by atoms with van der Waals surface area (Å²) in [5, 5.41) is 3.92. The van der Waals surface area contributed by atoms with Crippen molar-refractivity contribution in [3.8, 4) is 0 Å². The van der Waals surface area contributed by atoms with Crippen LogP contribution in [-0.4, -0.2) is 34.2 Å². The smallest absolute Gasteiger partial charge is 0.223 e. The normalized spacial score (nSPS) is 27.2. The zero-order chi connectivity index (χ0) is 11.5. The van der Waals surface area contributed by atoms with Crippen LogP contribution in [0.5, 0.6) is 0 Å². The second kappa shape index (κ2) is 4.93. The highest BCUT2D eigenvalue weighted by Crippen LogP contribution is 2.19. The molecule has 1 fully saturated rings. The van der Waals surface area contributed by atoms with Crippen molar-refractivity contribution in [3.63, 3.8) is 0 Å². The Balaban J connectivity index is 1.91. The molecule has 1 aliphatic rings. The molecule has 1 aliphatic heterocycles. The van der Waals surface area contributed by atoms with E-state index in [-0.39, 0.29) is 0 Å². The van der Waals surface area contributed by atoms with E-state index in [1.54, 1.807) is 0 Å². The molecule has 1 aromatic heterocycles. The maximum atomic E-state index is 6.07. The molecule has 0 radical (unpaired) electrons. The summed E-state index contributed by atoms with van der Waals surface area (Å²) in [6.45, 7) is 6.88. The third-order valence-electron chi connectivity index (χ3n) is 3.34. The SMILES string of the molecule is CCC1CN(Cc2noc(C)n2)CCC1N. The predicted molar refractivity (Wildman–Crippen MR) is 60.7 cm³/mol. The highest BCUT2D eigenvalue weighted by Gasteiger charge is 2.25. The molecule has 2 atom stereocenters. The van der Waals surface area contributed by atoms with Crippen molar-refractivity contribution < 1.29 is 4.52 Å². The van der Waals surface area contributed by atoms with Gasteiger partial charge in [-0.25, -0.2) is 0 Å². The minimum Gasteiger partial charge on any atom is -0.340 e. The molecule has 5 nitrogen and oxygen atoms in total. The van der Waals surface area contributed by atoms with Gasteiger partial charge in [-0.1, -0.05) is 18.5 Å². The number of hydrogen-bond donors (Lipinski definition) is 1. The quantitative estimate of drug-likeness (QED) is 0.827. The fraction of sp³-hybridized carbons (Fsp3) is 0.818. The van der Waals surface area contributed by atoms with Crippen molar-refractivity contribution in [2.24, 2.45) is 11.7 Å². The highest BCUT2D eigenvalue weighted by atomic mass is 16.5. The van der Waals surface area contributed by atoms with Crippen LogP contribution in [0.25, 0.3) is 0 Å². The summed E-state index contributed by atoms with van der Waals surface area (Å²) in [5.41, 5.74) is 6.07. The molecule has 0 aromatic carbocycles. The molecule has 0 aliphatic carbocycles. The minimum absolute atomic E-state index is 0.355. The Morgan fingerprint density at radius 3 is 3.00 bits per heavy atom. The molecular weight excluding hydrogens is 204 g/mol. The fourth-order valence-corrected chi connectivity index (χ4v) is 2.31. The van der Waals surface area contributed by atoms with Crippen LogP contribution in [0.15, 0.2) is 4.52 Å². The topological polar surface area (TPSA) is 68.2 Å². The zero-order valence-corrected chi connectivity index (χ0v) is 10.0. The Bertz CT molecular complexity index is 338. The lowest BCUT2D eigenvalue weighted by atomic mass is 9.91. The Labute approximate surface area is 96.0 Å². The van der Waals surface area contributed by atoms with Gasteiger partial charge in [0, 0.05) is 26.1 Å². The first-order valence-electron chi connectivity index (χ1n) is 5.96. The Kier molecular flexibility index (Phi) is 3.56. The van der Waals surface area contributed by atoms with E-state index in [4.69, 9.17) is 10.3 Å². The maximum absolute atomic E-state index is 6.07. The van der Waals surface area contributed by atoms with E-state index in [2.05, 4.69) is 22.0 Å². The molecule has 1 aromatic rings. The Morgan fingerprint density at radius 1 is 1.56 bits per heavy atom. The van der Waals surface area contributed by atoms with Gasteiger partial charge in [-0.2, -0.15) is 4.98 Å². The van der Waals surface area contributed by atoms with Gasteiger partial charge in [0.05, 0.1) is 6.54 Å². The molecular formula is C11H20N4O. The number of piperidine rings is 1.